The molecular formula is C17H23ClFN3O2. The number of carbonyl (C=O) groups is 2. The summed E-state index contributed by atoms with van der Waals surface area (Å²) in [4.78, 5) is 28.1. The molecule has 0 radical (unpaired) electrons. The minimum atomic E-state index is -0.550. The SMILES string of the molecule is CC(C)N(C)C(=O)C[C@H]1C(=O)NCCN1Cc1ccc(Cl)c(F)c1. The number of halogens is 2. The molecule has 1 aromatic rings. The molecule has 0 aromatic heterocycles. The van der Waals surface area contributed by atoms with E-state index >= 15 is 0 Å². The Bertz CT molecular complexity index is 624. The number of nitrogens with zero attached hydrogens (tertiary/aromatic N) is 2. The van der Waals surface area contributed by atoms with Crippen LogP contribution in [0.3, 0.4) is 0 Å². The van der Waals surface area contributed by atoms with Crippen molar-refractivity contribution in [3.05, 3.63) is 34.6 Å². The zero-order valence-corrected chi connectivity index (χ0v) is 14.9. The van der Waals surface area contributed by atoms with Gasteiger partial charge in [-0.25, -0.2) is 4.39 Å². The predicted molar refractivity (Wildman–Crippen MR) is 91.1 cm³/mol. The molecule has 0 spiro atoms. The molecule has 1 heterocycles. The summed E-state index contributed by atoms with van der Waals surface area (Å²) >= 11 is 5.71. The van der Waals surface area contributed by atoms with Crippen LogP contribution in [0.2, 0.25) is 5.02 Å². The molecule has 1 saturated heterocycles. The van der Waals surface area contributed by atoms with Crippen molar-refractivity contribution >= 4 is 23.4 Å². The van der Waals surface area contributed by atoms with Crippen LogP contribution in [-0.4, -0.2) is 53.8 Å². The van der Waals surface area contributed by atoms with E-state index in [1.54, 1.807) is 18.0 Å². The van der Waals surface area contributed by atoms with Crippen LogP contribution in [0, 0.1) is 5.82 Å². The van der Waals surface area contributed by atoms with Crippen LogP contribution in [0.1, 0.15) is 25.8 Å². The standard InChI is InChI=1S/C17H23ClFN3O2/c1-11(2)21(3)16(23)9-15-17(24)20-6-7-22(15)10-12-4-5-13(18)14(19)8-12/h4-5,8,11,15H,6-7,9-10H2,1-3H3,(H,20,24)/t15-/m0/s1. The highest BCUT2D eigenvalue weighted by molar-refractivity contribution is 6.30. The van der Waals surface area contributed by atoms with Crippen LogP contribution in [0.5, 0.6) is 0 Å². The van der Waals surface area contributed by atoms with E-state index in [1.807, 2.05) is 18.7 Å². The van der Waals surface area contributed by atoms with Gasteiger partial charge in [-0.2, -0.15) is 0 Å². The Kier molecular flexibility index (Phi) is 6.18. The smallest absolute Gasteiger partial charge is 0.237 e. The van der Waals surface area contributed by atoms with Crippen molar-refractivity contribution in [2.24, 2.45) is 0 Å². The summed E-state index contributed by atoms with van der Waals surface area (Å²) in [6.45, 7) is 5.37. The summed E-state index contributed by atoms with van der Waals surface area (Å²) in [6, 6.07) is 4.13. The summed E-state index contributed by atoms with van der Waals surface area (Å²) in [5, 5.41) is 2.87. The fourth-order valence-corrected chi connectivity index (χ4v) is 2.76. The quantitative estimate of drug-likeness (QED) is 0.879. The van der Waals surface area contributed by atoms with Crippen LogP contribution in [0.25, 0.3) is 0 Å². The zero-order chi connectivity index (χ0) is 17.9. The topological polar surface area (TPSA) is 52.7 Å². The highest BCUT2D eigenvalue weighted by Gasteiger charge is 2.32. The lowest BCUT2D eigenvalue weighted by atomic mass is 10.1. The molecular weight excluding hydrogens is 333 g/mol. The molecule has 0 saturated carbocycles. The van der Waals surface area contributed by atoms with Gasteiger partial charge in [0.25, 0.3) is 0 Å². The first-order valence-electron chi connectivity index (χ1n) is 8.01. The summed E-state index contributed by atoms with van der Waals surface area (Å²) in [6.07, 6.45) is 0.108. The number of carbonyl (C=O) groups excluding carboxylic acids is 2. The van der Waals surface area contributed by atoms with Crippen molar-refractivity contribution < 1.29 is 14.0 Å². The second kappa shape index (κ2) is 7.94. The first kappa shape index (κ1) is 18.7. The lowest BCUT2D eigenvalue weighted by Crippen LogP contribution is -2.56. The van der Waals surface area contributed by atoms with Crippen LogP contribution in [0.15, 0.2) is 18.2 Å². The van der Waals surface area contributed by atoms with Crippen LogP contribution in [-0.2, 0) is 16.1 Å². The first-order chi connectivity index (χ1) is 11.3. The molecule has 24 heavy (non-hydrogen) atoms. The lowest BCUT2D eigenvalue weighted by molar-refractivity contribution is -0.139. The summed E-state index contributed by atoms with van der Waals surface area (Å²) in [5.74, 6) is -0.733. The molecule has 1 aromatic carbocycles. The maximum Gasteiger partial charge on any atom is 0.237 e. The van der Waals surface area contributed by atoms with Gasteiger partial charge in [-0.15, -0.1) is 0 Å². The van der Waals surface area contributed by atoms with Gasteiger partial charge < -0.3 is 10.2 Å². The Labute approximate surface area is 146 Å². The highest BCUT2D eigenvalue weighted by Crippen LogP contribution is 2.19. The molecule has 1 aliphatic heterocycles. The van der Waals surface area contributed by atoms with Crippen molar-refractivity contribution in [1.29, 1.82) is 0 Å². The van der Waals surface area contributed by atoms with Crippen molar-refractivity contribution in [1.82, 2.24) is 15.1 Å². The fourth-order valence-electron chi connectivity index (χ4n) is 2.64. The van der Waals surface area contributed by atoms with Gasteiger partial charge in [-0.3, -0.25) is 14.5 Å². The molecule has 5 nitrogen and oxygen atoms in total. The predicted octanol–water partition coefficient (Wildman–Crippen LogP) is 2.04. The first-order valence-corrected chi connectivity index (χ1v) is 8.38. The van der Waals surface area contributed by atoms with E-state index < -0.39 is 11.9 Å². The molecule has 2 amide bonds. The molecule has 7 heteroatoms. The van der Waals surface area contributed by atoms with Gasteiger partial charge in [0, 0.05) is 32.7 Å². The van der Waals surface area contributed by atoms with E-state index in [1.165, 1.54) is 12.1 Å². The highest BCUT2D eigenvalue weighted by atomic mass is 35.5. The molecule has 132 valence electrons. The average Bonchev–Trinajstić information content (AvgIpc) is 2.53. The molecule has 2 rings (SSSR count). The van der Waals surface area contributed by atoms with E-state index in [0.29, 0.717) is 19.6 Å². The molecule has 1 atom stereocenters. The Balaban J connectivity index is 2.12. The monoisotopic (exact) mass is 355 g/mol. The second-order valence-corrected chi connectivity index (χ2v) is 6.74. The fraction of sp³-hybridized carbons (Fsp3) is 0.529. The normalized spacial score (nSPS) is 18.6. The van der Waals surface area contributed by atoms with Crippen molar-refractivity contribution in [2.75, 3.05) is 20.1 Å². The average molecular weight is 356 g/mol. The number of amides is 2. The van der Waals surface area contributed by atoms with Gasteiger partial charge in [-0.1, -0.05) is 17.7 Å². The molecule has 1 aliphatic rings. The minimum Gasteiger partial charge on any atom is -0.353 e. The maximum atomic E-state index is 13.6. The van der Waals surface area contributed by atoms with Crippen molar-refractivity contribution in [3.63, 3.8) is 0 Å². The Morgan fingerprint density at radius 1 is 1.50 bits per heavy atom. The Morgan fingerprint density at radius 3 is 2.83 bits per heavy atom. The van der Waals surface area contributed by atoms with E-state index in [4.69, 9.17) is 11.6 Å². The van der Waals surface area contributed by atoms with Gasteiger partial charge >= 0.3 is 0 Å². The molecule has 0 bridgehead atoms. The van der Waals surface area contributed by atoms with E-state index in [9.17, 15) is 14.0 Å². The van der Waals surface area contributed by atoms with E-state index in [2.05, 4.69) is 5.32 Å². The third-order valence-electron chi connectivity index (χ3n) is 4.35. The van der Waals surface area contributed by atoms with Crippen LogP contribution >= 0.6 is 11.6 Å². The van der Waals surface area contributed by atoms with Gasteiger partial charge in [0.2, 0.25) is 11.8 Å². The largest absolute Gasteiger partial charge is 0.353 e. The third-order valence-corrected chi connectivity index (χ3v) is 4.65. The minimum absolute atomic E-state index is 0.0698. The summed E-state index contributed by atoms with van der Waals surface area (Å²) < 4.78 is 13.6. The van der Waals surface area contributed by atoms with E-state index in [0.717, 1.165) is 5.56 Å². The zero-order valence-electron chi connectivity index (χ0n) is 14.2. The van der Waals surface area contributed by atoms with Gasteiger partial charge in [-0.05, 0) is 31.5 Å². The maximum absolute atomic E-state index is 13.6. The number of hydrogen-bond acceptors (Lipinski definition) is 3. The lowest BCUT2D eigenvalue weighted by Gasteiger charge is -2.35. The Hall–Kier alpha value is -1.66. The summed E-state index contributed by atoms with van der Waals surface area (Å²) in [5.41, 5.74) is 0.723. The van der Waals surface area contributed by atoms with Gasteiger partial charge in [0.05, 0.1) is 17.5 Å². The second-order valence-electron chi connectivity index (χ2n) is 6.33. The summed E-state index contributed by atoms with van der Waals surface area (Å²) in [7, 11) is 1.73. The molecule has 1 N–H and O–H groups in total. The number of hydrogen-bond donors (Lipinski definition) is 1. The molecule has 0 aliphatic carbocycles. The number of benzene rings is 1. The molecule has 0 unspecified atom stereocenters. The third kappa shape index (κ3) is 4.45. The number of nitrogens with one attached hydrogen (secondary N) is 1. The van der Waals surface area contributed by atoms with Gasteiger partial charge in [0.1, 0.15) is 5.82 Å². The van der Waals surface area contributed by atoms with Crippen molar-refractivity contribution in [2.45, 2.75) is 38.9 Å². The van der Waals surface area contributed by atoms with Gasteiger partial charge in [0.15, 0.2) is 0 Å². The van der Waals surface area contributed by atoms with Crippen LogP contribution in [0.4, 0.5) is 4.39 Å². The van der Waals surface area contributed by atoms with Crippen LogP contribution < -0.4 is 5.32 Å². The Morgan fingerprint density at radius 2 is 2.21 bits per heavy atom. The number of rotatable bonds is 5. The van der Waals surface area contributed by atoms with Crippen molar-refractivity contribution in [3.8, 4) is 0 Å². The number of piperazine rings is 1. The molecule has 1 fully saturated rings. The van der Waals surface area contributed by atoms with E-state index in [-0.39, 0.29) is 29.3 Å².